The van der Waals surface area contributed by atoms with E-state index in [1.807, 2.05) is 13.8 Å². The van der Waals surface area contributed by atoms with Crippen molar-refractivity contribution in [3.05, 3.63) is 0 Å². The van der Waals surface area contributed by atoms with E-state index in [1.54, 1.807) is 0 Å². The largest absolute Gasteiger partial charge is 0.461 e. The van der Waals surface area contributed by atoms with Gasteiger partial charge in [-0.3, -0.25) is 9.59 Å². The van der Waals surface area contributed by atoms with Crippen LogP contribution in [0.1, 0.15) is 53.9 Å². The average Bonchev–Trinajstić information content (AvgIpc) is 2.65. The van der Waals surface area contributed by atoms with Crippen molar-refractivity contribution in [2.24, 2.45) is 10.8 Å². The number of aliphatic hydroxyl groups is 1. The predicted molar refractivity (Wildman–Crippen MR) is 74.0 cm³/mol. The average molecular weight is 286 g/mol. The Morgan fingerprint density at radius 3 is 2.35 bits per heavy atom. The summed E-state index contributed by atoms with van der Waals surface area (Å²) in [5.74, 6) is -0.688. The second-order valence-electron chi connectivity index (χ2n) is 7.51. The van der Waals surface area contributed by atoms with Crippen LogP contribution in [0.2, 0.25) is 0 Å². The monoisotopic (exact) mass is 286 g/mol. The van der Waals surface area contributed by atoms with E-state index in [2.05, 4.69) is 20.8 Å². The Labute approximate surface area is 120 Å². The summed E-state index contributed by atoms with van der Waals surface area (Å²) < 4.78 is 10.4. The molecule has 5 heteroatoms. The Morgan fingerprint density at radius 1 is 1.35 bits per heavy atom. The third-order valence-corrected chi connectivity index (χ3v) is 3.39. The number of hydrogen-bond donors (Lipinski definition) is 1. The number of aliphatic hydroxyl groups excluding tert-OH is 1. The lowest BCUT2D eigenvalue weighted by Gasteiger charge is -2.32. The minimum atomic E-state index is -1.05. The normalized spacial score (nSPS) is 23.6. The summed E-state index contributed by atoms with van der Waals surface area (Å²) in [5.41, 5.74) is -1.65. The van der Waals surface area contributed by atoms with E-state index in [-0.39, 0.29) is 37.0 Å². The lowest BCUT2D eigenvalue weighted by Crippen LogP contribution is -2.41. The van der Waals surface area contributed by atoms with Gasteiger partial charge in [0.05, 0.1) is 12.0 Å². The number of hydrogen-bond acceptors (Lipinski definition) is 5. The van der Waals surface area contributed by atoms with Crippen LogP contribution >= 0.6 is 0 Å². The topological polar surface area (TPSA) is 72.8 Å². The molecule has 1 rings (SSSR count). The molecule has 5 nitrogen and oxygen atoms in total. The smallest absolute Gasteiger partial charge is 0.311 e. The molecular formula is C15H26O5. The third kappa shape index (κ3) is 4.47. The van der Waals surface area contributed by atoms with Crippen molar-refractivity contribution in [1.82, 2.24) is 0 Å². The van der Waals surface area contributed by atoms with Gasteiger partial charge in [-0.05, 0) is 25.7 Å². The van der Waals surface area contributed by atoms with Crippen LogP contribution in [-0.4, -0.2) is 35.9 Å². The van der Waals surface area contributed by atoms with E-state index in [1.165, 1.54) is 0 Å². The Morgan fingerprint density at radius 2 is 1.95 bits per heavy atom. The van der Waals surface area contributed by atoms with Crippen LogP contribution in [0.5, 0.6) is 0 Å². The maximum atomic E-state index is 12.2. The molecule has 116 valence electrons. The first-order valence-corrected chi connectivity index (χ1v) is 7.00. The van der Waals surface area contributed by atoms with Crippen molar-refractivity contribution >= 4 is 11.9 Å². The molecule has 0 aliphatic carbocycles. The zero-order valence-corrected chi connectivity index (χ0v) is 13.1. The molecule has 0 spiro atoms. The number of rotatable bonds is 5. The van der Waals surface area contributed by atoms with E-state index in [0.29, 0.717) is 12.8 Å². The molecule has 1 atom stereocenters. The van der Waals surface area contributed by atoms with Crippen LogP contribution in [0, 0.1) is 10.8 Å². The van der Waals surface area contributed by atoms with E-state index in [4.69, 9.17) is 9.47 Å². The van der Waals surface area contributed by atoms with Gasteiger partial charge in [0.1, 0.15) is 6.61 Å². The third-order valence-electron chi connectivity index (χ3n) is 3.39. The molecule has 1 fully saturated rings. The molecule has 0 aromatic heterocycles. The molecule has 1 unspecified atom stereocenters. The summed E-state index contributed by atoms with van der Waals surface area (Å²) in [6.45, 7) is 9.47. The minimum absolute atomic E-state index is 0.0109. The Bertz CT molecular complexity index is 380. The van der Waals surface area contributed by atoms with E-state index in [9.17, 15) is 14.7 Å². The van der Waals surface area contributed by atoms with Gasteiger partial charge in [0, 0.05) is 12.8 Å². The van der Waals surface area contributed by atoms with Crippen LogP contribution in [-0.2, 0) is 19.1 Å². The molecule has 1 aliphatic rings. The minimum Gasteiger partial charge on any atom is -0.461 e. The second kappa shape index (κ2) is 5.72. The lowest BCUT2D eigenvalue weighted by molar-refractivity contribution is -0.173. The highest BCUT2D eigenvalue weighted by molar-refractivity contribution is 5.76. The fraction of sp³-hybridized carbons (Fsp3) is 0.867. The first kappa shape index (κ1) is 17.0. The van der Waals surface area contributed by atoms with Crippen LogP contribution in [0.15, 0.2) is 0 Å². The maximum absolute atomic E-state index is 12.2. The maximum Gasteiger partial charge on any atom is 0.311 e. The van der Waals surface area contributed by atoms with Crippen molar-refractivity contribution < 1.29 is 24.2 Å². The molecule has 1 saturated heterocycles. The van der Waals surface area contributed by atoms with Crippen LogP contribution < -0.4 is 0 Å². The highest BCUT2D eigenvalue weighted by Crippen LogP contribution is 2.35. The van der Waals surface area contributed by atoms with Gasteiger partial charge in [-0.15, -0.1) is 0 Å². The van der Waals surface area contributed by atoms with Crippen LogP contribution in [0.25, 0.3) is 0 Å². The summed E-state index contributed by atoms with van der Waals surface area (Å²) >= 11 is 0. The van der Waals surface area contributed by atoms with Gasteiger partial charge in [-0.2, -0.15) is 0 Å². The molecule has 1 heterocycles. The van der Waals surface area contributed by atoms with Crippen molar-refractivity contribution in [3.8, 4) is 0 Å². The molecule has 20 heavy (non-hydrogen) atoms. The number of esters is 2. The molecular weight excluding hydrogens is 260 g/mol. The Kier molecular flexibility index (Phi) is 4.85. The van der Waals surface area contributed by atoms with E-state index < -0.39 is 11.0 Å². The van der Waals surface area contributed by atoms with Gasteiger partial charge in [-0.25, -0.2) is 0 Å². The van der Waals surface area contributed by atoms with Gasteiger partial charge >= 0.3 is 11.9 Å². The summed E-state index contributed by atoms with van der Waals surface area (Å²) in [7, 11) is 0. The molecule has 1 N–H and O–H groups in total. The highest BCUT2D eigenvalue weighted by atomic mass is 16.6. The first-order valence-electron chi connectivity index (χ1n) is 7.00. The molecule has 0 aromatic carbocycles. The number of carbonyl (C=O) groups excluding carboxylic acids is 2. The fourth-order valence-corrected chi connectivity index (χ4v) is 2.72. The molecule has 0 radical (unpaired) electrons. The lowest BCUT2D eigenvalue weighted by atomic mass is 9.76. The van der Waals surface area contributed by atoms with Crippen molar-refractivity contribution in [2.45, 2.75) is 59.5 Å². The molecule has 0 aromatic rings. The van der Waals surface area contributed by atoms with Crippen LogP contribution in [0.3, 0.4) is 0 Å². The zero-order valence-electron chi connectivity index (χ0n) is 13.1. The highest BCUT2D eigenvalue weighted by Gasteiger charge is 2.43. The summed E-state index contributed by atoms with van der Waals surface area (Å²) in [4.78, 5) is 23.4. The van der Waals surface area contributed by atoms with Crippen molar-refractivity contribution in [2.75, 3.05) is 13.2 Å². The number of ether oxygens (including phenoxy) is 2. The van der Waals surface area contributed by atoms with Crippen LogP contribution in [0.4, 0.5) is 0 Å². The SMILES string of the molecule is CC(C)(C)CC(C)(C)C(=O)OCC1(CO)CCC(=O)O1. The first-order chi connectivity index (χ1) is 9.00. The van der Waals surface area contributed by atoms with Gasteiger partial charge < -0.3 is 14.6 Å². The van der Waals surface area contributed by atoms with E-state index >= 15 is 0 Å². The molecule has 0 amide bonds. The predicted octanol–water partition coefficient (Wildman–Crippen LogP) is 2.06. The van der Waals surface area contributed by atoms with Crippen molar-refractivity contribution in [3.63, 3.8) is 0 Å². The van der Waals surface area contributed by atoms with Gasteiger partial charge in [0.2, 0.25) is 0 Å². The Balaban J connectivity index is 2.60. The van der Waals surface area contributed by atoms with Gasteiger partial charge in [0.15, 0.2) is 5.60 Å². The Hall–Kier alpha value is -1.10. The number of cyclic esters (lactones) is 1. The standard InChI is InChI=1S/C15H26O5/c1-13(2,3)8-14(4,5)12(18)19-10-15(9-16)7-6-11(17)20-15/h16H,6-10H2,1-5H3. The summed E-state index contributed by atoms with van der Waals surface area (Å²) in [5, 5.41) is 9.37. The quantitative estimate of drug-likeness (QED) is 0.783. The molecule has 0 saturated carbocycles. The zero-order chi connectivity index (χ0) is 15.6. The second-order valence-corrected chi connectivity index (χ2v) is 7.51. The molecule has 1 aliphatic heterocycles. The van der Waals surface area contributed by atoms with Gasteiger partial charge in [-0.1, -0.05) is 20.8 Å². The fourth-order valence-electron chi connectivity index (χ4n) is 2.72. The number of carbonyl (C=O) groups is 2. The van der Waals surface area contributed by atoms with E-state index in [0.717, 1.165) is 0 Å². The molecule has 0 bridgehead atoms. The van der Waals surface area contributed by atoms with Crippen molar-refractivity contribution in [1.29, 1.82) is 0 Å². The summed E-state index contributed by atoms with van der Waals surface area (Å²) in [6, 6.07) is 0. The van der Waals surface area contributed by atoms with Gasteiger partial charge in [0.25, 0.3) is 0 Å². The summed E-state index contributed by atoms with van der Waals surface area (Å²) in [6.07, 6.45) is 1.32.